The van der Waals surface area contributed by atoms with E-state index in [2.05, 4.69) is 22.0 Å². The van der Waals surface area contributed by atoms with Crippen molar-refractivity contribution in [3.05, 3.63) is 22.2 Å². The van der Waals surface area contributed by atoms with Gasteiger partial charge < -0.3 is 9.84 Å². The van der Waals surface area contributed by atoms with Crippen LogP contribution in [0.1, 0.15) is 18.4 Å². The van der Waals surface area contributed by atoms with Gasteiger partial charge in [-0.2, -0.15) is 5.26 Å². The van der Waals surface area contributed by atoms with Crippen LogP contribution in [0.15, 0.2) is 16.6 Å². The standard InChI is InChI=1S/C10H10BrNO2/c1-6(5-12)7-3-4-8(14-2)10(13)9(7)11/h3-4,6,13H,1-2H3. The fraction of sp³-hybridized carbons (Fsp3) is 0.300. The number of hydrogen-bond acceptors (Lipinski definition) is 3. The molecule has 0 fully saturated rings. The number of methoxy groups -OCH3 is 1. The average molecular weight is 256 g/mol. The van der Waals surface area contributed by atoms with Crippen molar-refractivity contribution in [1.29, 1.82) is 5.26 Å². The summed E-state index contributed by atoms with van der Waals surface area (Å²) in [5, 5.41) is 18.4. The lowest BCUT2D eigenvalue weighted by molar-refractivity contribution is 0.371. The first-order valence-electron chi connectivity index (χ1n) is 4.06. The second-order valence-electron chi connectivity index (χ2n) is 2.87. The maximum Gasteiger partial charge on any atom is 0.172 e. The Morgan fingerprint density at radius 3 is 2.71 bits per heavy atom. The van der Waals surface area contributed by atoms with E-state index in [0.29, 0.717) is 10.2 Å². The van der Waals surface area contributed by atoms with Gasteiger partial charge in [-0.25, -0.2) is 0 Å². The van der Waals surface area contributed by atoms with E-state index in [1.165, 1.54) is 7.11 Å². The molecule has 1 N–H and O–H groups in total. The van der Waals surface area contributed by atoms with Crippen LogP contribution < -0.4 is 4.74 Å². The molecule has 0 saturated carbocycles. The highest BCUT2D eigenvalue weighted by Gasteiger charge is 2.14. The summed E-state index contributed by atoms with van der Waals surface area (Å²) in [6.45, 7) is 1.77. The molecular weight excluding hydrogens is 246 g/mol. The Kier molecular flexibility index (Phi) is 3.37. The maximum atomic E-state index is 9.64. The minimum Gasteiger partial charge on any atom is -0.503 e. The second kappa shape index (κ2) is 4.34. The van der Waals surface area contributed by atoms with Crippen molar-refractivity contribution in [2.45, 2.75) is 12.8 Å². The van der Waals surface area contributed by atoms with Gasteiger partial charge in [0, 0.05) is 0 Å². The summed E-state index contributed by atoms with van der Waals surface area (Å²) < 4.78 is 5.45. The Bertz CT molecular complexity index is 384. The van der Waals surface area contributed by atoms with Crippen molar-refractivity contribution in [3.63, 3.8) is 0 Å². The Hall–Kier alpha value is -1.21. The Labute approximate surface area is 91.1 Å². The number of halogens is 1. The summed E-state index contributed by atoms with van der Waals surface area (Å²) in [7, 11) is 1.48. The van der Waals surface area contributed by atoms with E-state index >= 15 is 0 Å². The molecule has 3 nitrogen and oxygen atoms in total. The Morgan fingerprint density at radius 2 is 2.21 bits per heavy atom. The molecule has 4 heteroatoms. The molecule has 1 rings (SSSR count). The van der Waals surface area contributed by atoms with Crippen molar-refractivity contribution >= 4 is 15.9 Å². The third-order valence-electron chi connectivity index (χ3n) is 1.99. The first kappa shape index (κ1) is 10.9. The van der Waals surface area contributed by atoms with Gasteiger partial charge in [-0.1, -0.05) is 6.07 Å². The largest absolute Gasteiger partial charge is 0.503 e. The molecule has 0 aliphatic heterocycles. The van der Waals surface area contributed by atoms with E-state index < -0.39 is 0 Å². The molecule has 1 unspecified atom stereocenters. The van der Waals surface area contributed by atoms with Crippen LogP contribution >= 0.6 is 15.9 Å². The molecule has 0 bridgehead atoms. The molecule has 74 valence electrons. The van der Waals surface area contributed by atoms with Crippen LogP contribution in [-0.2, 0) is 0 Å². The quantitative estimate of drug-likeness (QED) is 0.885. The van der Waals surface area contributed by atoms with Gasteiger partial charge in [0.25, 0.3) is 0 Å². The van der Waals surface area contributed by atoms with E-state index in [0.717, 1.165) is 5.56 Å². The number of phenols is 1. The highest BCUT2D eigenvalue weighted by atomic mass is 79.9. The maximum absolute atomic E-state index is 9.64. The van der Waals surface area contributed by atoms with Gasteiger partial charge >= 0.3 is 0 Å². The Balaban J connectivity index is 3.25. The molecule has 14 heavy (non-hydrogen) atoms. The second-order valence-corrected chi connectivity index (χ2v) is 3.66. The third-order valence-corrected chi connectivity index (χ3v) is 2.82. The predicted octanol–water partition coefficient (Wildman–Crippen LogP) is 2.79. The summed E-state index contributed by atoms with van der Waals surface area (Å²) in [5.74, 6) is 0.166. The van der Waals surface area contributed by atoms with Crippen LogP contribution in [0.5, 0.6) is 11.5 Å². The number of phenolic OH excluding ortho intramolecular Hbond substituents is 1. The SMILES string of the molecule is COc1ccc(C(C)C#N)c(Br)c1O. The zero-order chi connectivity index (χ0) is 10.7. The summed E-state index contributed by atoms with van der Waals surface area (Å²) in [5.41, 5.74) is 0.755. The van der Waals surface area contributed by atoms with E-state index in [9.17, 15) is 5.11 Å². The van der Waals surface area contributed by atoms with E-state index in [1.54, 1.807) is 19.1 Å². The molecule has 1 atom stereocenters. The predicted molar refractivity (Wildman–Crippen MR) is 56.4 cm³/mol. The van der Waals surface area contributed by atoms with Gasteiger partial charge in [0.15, 0.2) is 11.5 Å². The van der Waals surface area contributed by atoms with Crippen molar-refractivity contribution in [2.24, 2.45) is 0 Å². The van der Waals surface area contributed by atoms with E-state index in [4.69, 9.17) is 10.00 Å². The third kappa shape index (κ3) is 1.83. The number of aromatic hydroxyl groups is 1. The summed E-state index contributed by atoms with van der Waals surface area (Å²) in [6.07, 6.45) is 0. The van der Waals surface area contributed by atoms with Crippen LogP contribution in [0.4, 0.5) is 0 Å². The van der Waals surface area contributed by atoms with Gasteiger partial charge in [-0.3, -0.25) is 0 Å². The molecule has 0 saturated heterocycles. The van der Waals surface area contributed by atoms with Crippen molar-refractivity contribution in [3.8, 4) is 17.6 Å². The zero-order valence-corrected chi connectivity index (χ0v) is 9.50. The summed E-state index contributed by atoms with van der Waals surface area (Å²) in [4.78, 5) is 0. The number of ether oxygens (including phenoxy) is 1. The van der Waals surface area contributed by atoms with Gasteiger partial charge in [0.1, 0.15) is 0 Å². The molecule has 1 aromatic rings. The molecule has 0 radical (unpaired) electrons. The van der Waals surface area contributed by atoms with Crippen molar-refractivity contribution in [2.75, 3.05) is 7.11 Å². The zero-order valence-electron chi connectivity index (χ0n) is 7.91. The van der Waals surface area contributed by atoms with E-state index in [-0.39, 0.29) is 11.7 Å². The average Bonchev–Trinajstić information content (AvgIpc) is 2.21. The molecule has 0 heterocycles. The summed E-state index contributed by atoms with van der Waals surface area (Å²) in [6, 6.07) is 5.51. The lowest BCUT2D eigenvalue weighted by Crippen LogP contribution is -1.93. The molecule has 1 aromatic carbocycles. The van der Waals surface area contributed by atoms with Gasteiger partial charge in [-0.15, -0.1) is 0 Å². The normalized spacial score (nSPS) is 11.9. The smallest absolute Gasteiger partial charge is 0.172 e. The van der Waals surface area contributed by atoms with Gasteiger partial charge in [0.2, 0.25) is 0 Å². The lowest BCUT2D eigenvalue weighted by atomic mass is 10.0. The molecule has 0 amide bonds. The summed E-state index contributed by atoms with van der Waals surface area (Å²) >= 11 is 3.23. The molecule has 0 aromatic heterocycles. The fourth-order valence-electron chi connectivity index (χ4n) is 1.13. The number of nitriles is 1. The molecule has 0 aliphatic carbocycles. The number of benzene rings is 1. The number of rotatable bonds is 2. The molecule has 0 aliphatic rings. The number of nitrogens with zero attached hydrogens (tertiary/aromatic N) is 1. The van der Waals surface area contributed by atoms with Crippen LogP contribution in [0.3, 0.4) is 0 Å². The first-order chi connectivity index (χ1) is 6.61. The van der Waals surface area contributed by atoms with E-state index in [1.807, 2.05) is 0 Å². The van der Waals surface area contributed by atoms with Crippen molar-refractivity contribution in [1.82, 2.24) is 0 Å². The Morgan fingerprint density at radius 1 is 1.57 bits per heavy atom. The molecular formula is C10H10BrNO2. The van der Waals surface area contributed by atoms with Crippen LogP contribution in [-0.4, -0.2) is 12.2 Å². The van der Waals surface area contributed by atoms with Gasteiger partial charge in [0.05, 0.1) is 23.6 Å². The minimum atomic E-state index is -0.263. The van der Waals surface area contributed by atoms with Crippen LogP contribution in [0.25, 0.3) is 0 Å². The van der Waals surface area contributed by atoms with Gasteiger partial charge in [-0.05, 0) is 34.5 Å². The minimum absolute atomic E-state index is 0.0344. The van der Waals surface area contributed by atoms with Crippen LogP contribution in [0.2, 0.25) is 0 Å². The fourth-order valence-corrected chi connectivity index (χ4v) is 1.80. The van der Waals surface area contributed by atoms with Crippen molar-refractivity contribution < 1.29 is 9.84 Å². The number of hydrogen-bond donors (Lipinski definition) is 1. The topological polar surface area (TPSA) is 53.2 Å². The highest BCUT2D eigenvalue weighted by molar-refractivity contribution is 9.10. The monoisotopic (exact) mass is 255 g/mol. The highest BCUT2D eigenvalue weighted by Crippen LogP contribution is 2.39. The first-order valence-corrected chi connectivity index (χ1v) is 4.86. The van der Waals surface area contributed by atoms with Crippen LogP contribution in [0, 0.1) is 11.3 Å². The molecule has 0 spiro atoms. The lowest BCUT2D eigenvalue weighted by Gasteiger charge is -2.10.